The molecule has 0 unspecified atom stereocenters. The van der Waals surface area contributed by atoms with Crippen LogP contribution >= 0.6 is 0 Å². The Morgan fingerprint density at radius 3 is 1.87 bits per heavy atom. The fourth-order valence-corrected chi connectivity index (χ4v) is 4.13. The van der Waals surface area contributed by atoms with Gasteiger partial charge in [-0.3, -0.25) is 4.79 Å². The van der Waals surface area contributed by atoms with E-state index in [-0.39, 0.29) is 16.8 Å². The predicted octanol–water partition coefficient (Wildman–Crippen LogP) is 4.74. The Labute approximate surface area is 184 Å². The van der Waals surface area contributed by atoms with Crippen molar-refractivity contribution in [3.05, 3.63) is 84.4 Å². The first-order valence-electron chi connectivity index (χ1n) is 9.98. The van der Waals surface area contributed by atoms with Gasteiger partial charge in [0.15, 0.2) is 0 Å². The van der Waals surface area contributed by atoms with Gasteiger partial charge in [0.2, 0.25) is 10.0 Å². The lowest BCUT2D eigenvalue weighted by molar-refractivity contribution is 0.102. The highest BCUT2D eigenvalue weighted by atomic mass is 32.2. The van der Waals surface area contributed by atoms with Crippen molar-refractivity contribution in [1.29, 1.82) is 0 Å². The Kier molecular flexibility index (Phi) is 6.77. The fourth-order valence-electron chi connectivity index (χ4n) is 3.23. The highest BCUT2D eigenvalue weighted by molar-refractivity contribution is 7.89. The monoisotopic (exact) mass is 437 g/mol. The van der Waals surface area contributed by atoms with Crippen LogP contribution in [0.3, 0.4) is 0 Å². The van der Waals surface area contributed by atoms with Gasteiger partial charge in [-0.05, 0) is 74.5 Å². The highest BCUT2D eigenvalue weighted by Gasteiger charge is 2.18. The van der Waals surface area contributed by atoms with Crippen LogP contribution in [0.1, 0.15) is 24.2 Å². The van der Waals surface area contributed by atoms with E-state index in [1.165, 1.54) is 38.4 Å². The first-order valence-corrected chi connectivity index (χ1v) is 11.4. The van der Waals surface area contributed by atoms with Crippen LogP contribution in [0.25, 0.3) is 0 Å². The van der Waals surface area contributed by atoms with Crippen LogP contribution in [-0.4, -0.2) is 38.8 Å². The lowest BCUT2D eigenvalue weighted by Crippen LogP contribution is -2.25. The molecule has 0 bridgehead atoms. The molecular formula is C24H27N3O3S. The smallest absolute Gasteiger partial charge is 0.255 e. The molecule has 3 rings (SSSR count). The van der Waals surface area contributed by atoms with Crippen molar-refractivity contribution in [1.82, 2.24) is 4.31 Å². The zero-order valence-corrected chi connectivity index (χ0v) is 18.9. The van der Waals surface area contributed by atoms with Crippen molar-refractivity contribution in [2.45, 2.75) is 24.8 Å². The number of amides is 1. The summed E-state index contributed by atoms with van der Waals surface area (Å²) in [6, 6.07) is 23.9. The van der Waals surface area contributed by atoms with Crippen molar-refractivity contribution >= 4 is 33.0 Å². The van der Waals surface area contributed by atoms with Crippen LogP contribution < -0.4 is 10.2 Å². The minimum absolute atomic E-state index is 0.146. The minimum atomic E-state index is -3.52. The molecule has 3 aromatic rings. The Hall–Kier alpha value is -3.16. The maximum Gasteiger partial charge on any atom is 0.255 e. The number of hydrogen-bond donors (Lipinski definition) is 1. The van der Waals surface area contributed by atoms with Crippen LogP contribution in [0.2, 0.25) is 0 Å². The molecule has 0 saturated heterocycles. The second kappa shape index (κ2) is 9.32. The first kappa shape index (κ1) is 22.5. The van der Waals surface area contributed by atoms with Gasteiger partial charge < -0.3 is 10.2 Å². The van der Waals surface area contributed by atoms with Crippen molar-refractivity contribution < 1.29 is 13.2 Å². The molecule has 0 aliphatic rings. The maximum absolute atomic E-state index is 12.6. The summed E-state index contributed by atoms with van der Waals surface area (Å²) in [5.41, 5.74) is 3.17. The molecule has 31 heavy (non-hydrogen) atoms. The van der Waals surface area contributed by atoms with Gasteiger partial charge >= 0.3 is 0 Å². The average Bonchev–Trinajstić information content (AvgIpc) is 2.75. The Morgan fingerprint density at radius 2 is 1.35 bits per heavy atom. The lowest BCUT2D eigenvalue weighted by atomic mass is 10.1. The average molecular weight is 438 g/mol. The van der Waals surface area contributed by atoms with Crippen LogP contribution in [0.5, 0.6) is 0 Å². The van der Waals surface area contributed by atoms with Crippen LogP contribution in [0, 0.1) is 0 Å². The number of sulfonamides is 1. The molecule has 0 saturated carbocycles. The molecular weight excluding hydrogens is 410 g/mol. The number of benzene rings is 3. The zero-order valence-electron chi connectivity index (χ0n) is 18.1. The number of carbonyl (C=O) groups excluding carboxylic acids is 1. The molecule has 0 aliphatic carbocycles. The normalized spacial score (nSPS) is 11.5. The number of para-hydroxylation sites is 1. The van der Waals surface area contributed by atoms with E-state index >= 15 is 0 Å². The van der Waals surface area contributed by atoms with Gasteiger partial charge in [0, 0.05) is 42.8 Å². The van der Waals surface area contributed by atoms with Gasteiger partial charge in [0.1, 0.15) is 0 Å². The van der Waals surface area contributed by atoms with Gasteiger partial charge in [0.25, 0.3) is 5.91 Å². The summed E-state index contributed by atoms with van der Waals surface area (Å²) < 4.78 is 25.5. The van der Waals surface area contributed by atoms with Crippen molar-refractivity contribution in [2.75, 3.05) is 24.3 Å². The quantitative estimate of drug-likeness (QED) is 0.580. The van der Waals surface area contributed by atoms with Crippen molar-refractivity contribution in [3.63, 3.8) is 0 Å². The standard InChI is InChI=1S/C24H27N3O3S/c1-18(2)27(21-8-6-5-7-9-21)22-14-12-20(13-15-22)25-24(28)19-10-16-23(17-11-19)31(29,30)26(3)4/h5-18H,1-4H3,(H,25,28). The molecule has 0 atom stereocenters. The zero-order chi connectivity index (χ0) is 22.6. The van der Waals surface area contributed by atoms with Gasteiger partial charge in [-0.15, -0.1) is 0 Å². The Balaban J connectivity index is 1.74. The first-order chi connectivity index (χ1) is 14.7. The van der Waals surface area contributed by atoms with E-state index < -0.39 is 10.0 Å². The summed E-state index contributed by atoms with van der Waals surface area (Å²) in [7, 11) is -0.584. The minimum Gasteiger partial charge on any atom is -0.339 e. The van der Waals surface area contributed by atoms with Gasteiger partial charge in [-0.1, -0.05) is 18.2 Å². The molecule has 0 radical (unpaired) electrons. The third kappa shape index (κ3) is 5.13. The number of anilines is 3. The van der Waals surface area contributed by atoms with E-state index in [1.807, 2.05) is 42.5 Å². The summed E-state index contributed by atoms with van der Waals surface area (Å²) in [6.45, 7) is 4.26. The fraction of sp³-hybridized carbons (Fsp3) is 0.208. The number of hydrogen-bond acceptors (Lipinski definition) is 4. The number of nitrogens with zero attached hydrogens (tertiary/aromatic N) is 2. The molecule has 1 amide bonds. The second-order valence-corrected chi connectivity index (χ2v) is 9.76. The third-order valence-electron chi connectivity index (χ3n) is 4.85. The van der Waals surface area contributed by atoms with E-state index in [0.717, 1.165) is 15.7 Å². The van der Waals surface area contributed by atoms with Gasteiger partial charge in [0.05, 0.1) is 4.90 Å². The van der Waals surface area contributed by atoms with E-state index in [1.54, 1.807) is 0 Å². The van der Waals surface area contributed by atoms with Crippen LogP contribution in [0.15, 0.2) is 83.8 Å². The Morgan fingerprint density at radius 1 is 0.806 bits per heavy atom. The summed E-state index contributed by atoms with van der Waals surface area (Å²) >= 11 is 0. The number of carbonyl (C=O) groups is 1. The third-order valence-corrected chi connectivity index (χ3v) is 6.68. The van der Waals surface area contributed by atoms with E-state index in [0.29, 0.717) is 11.3 Å². The summed E-state index contributed by atoms with van der Waals surface area (Å²) in [5.74, 6) is -0.301. The summed E-state index contributed by atoms with van der Waals surface area (Å²) in [6.07, 6.45) is 0. The SMILES string of the molecule is CC(C)N(c1ccccc1)c1ccc(NC(=O)c2ccc(S(=O)(=O)N(C)C)cc2)cc1. The second-order valence-electron chi connectivity index (χ2n) is 7.61. The van der Waals surface area contributed by atoms with Crippen LogP contribution in [-0.2, 0) is 10.0 Å². The summed E-state index contributed by atoms with van der Waals surface area (Å²) in [4.78, 5) is 14.9. The van der Waals surface area contributed by atoms with Gasteiger partial charge in [-0.2, -0.15) is 0 Å². The number of rotatable bonds is 7. The maximum atomic E-state index is 12.6. The molecule has 1 N–H and O–H groups in total. The molecule has 162 valence electrons. The molecule has 0 fully saturated rings. The topological polar surface area (TPSA) is 69.7 Å². The van der Waals surface area contributed by atoms with E-state index in [4.69, 9.17) is 0 Å². The van der Waals surface area contributed by atoms with Gasteiger partial charge in [-0.25, -0.2) is 12.7 Å². The van der Waals surface area contributed by atoms with Crippen molar-refractivity contribution in [2.24, 2.45) is 0 Å². The number of nitrogens with one attached hydrogen (secondary N) is 1. The Bertz CT molecular complexity index is 1120. The largest absolute Gasteiger partial charge is 0.339 e. The molecule has 6 nitrogen and oxygen atoms in total. The van der Waals surface area contributed by atoms with E-state index in [2.05, 4.69) is 36.2 Å². The molecule has 0 aromatic heterocycles. The molecule has 0 heterocycles. The highest BCUT2D eigenvalue weighted by Crippen LogP contribution is 2.28. The summed E-state index contributed by atoms with van der Waals surface area (Å²) in [5, 5.41) is 2.86. The molecule has 7 heteroatoms. The van der Waals surface area contributed by atoms with E-state index in [9.17, 15) is 13.2 Å². The molecule has 0 spiro atoms. The molecule has 3 aromatic carbocycles. The molecule has 0 aliphatic heterocycles. The van der Waals surface area contributed by atoms with Crippen LogP contribution in [0.4, 0.5) is 17.1 Å². The van der Waals surface area contributed by atoms with Crippen molar-refractivity contribution in [3.8, 4) is 0 Å². The lowest BCUT2D eigenvalue weighted by Gasteiger charge is -2.29. The predicted molar refractivity (Wildman–Crippen MR) is 125 cm³/mol.